The third-order valence-corrected chi connectivity index (χ3v) is 3.26. The van der Waals surface area contributed by atoms with Crippen molar-refractivity contribution in [2.24, 2.45) is 0 Å². The largest absolute Gasteiger partial charge is 0.482 e. The molecule has 0 heterocycles. The van der Waals surface area contributed by atoms with Crippen LogP contribution < -0.4 is 10.1 Å². The highest BCUT2D eigenvalue weighted by molar-refractivity contribution is 6.35. The molecule has 104 valence electrons. The Morgan fingerprint density at radius 3 is 2.50 bits per heavy atom. The van der Waals surface area contributed by atoms with Crippen molar-refractivity contribution >= 4 is 46.4 Å². The van der Waals surface area contributed by atoms with Gasteiger partial charge in [0.1, 0.15) is 5.75 Å². The van der Waals surface area contributed by atoms with Crippen molar-refractivity contribution < 1.29 is 9.53 Å². The first-order valence-corrected chi connectivity index (χ1v) is 6.82. The van der Waals surface area contributed by atoms with E-state index in [0.717, 1.165) is 0 Å². The van der Waals surface area contributed by atoms with E-state index < -0.39 is 0 Å². The van der Waals surface area contributed by atoms with Crippen LogP contribution >= 0.6 is 34.8 Å². The average Bonchev–Trinajstić information content (AvgIpc) is 2.40. The zero-order chi connectivity index (χ0) is 14.5. The molecule has 0 atom stereocenters. The Kier molecular flexibility index (Phi) is 5.12. The maximum atomic E-state index is 11.8. The summed E-state index contributed by atoms with van der Waals surface area (Å²) in [6.07, 6.45) is 0. The summed E-state index contributed by atoms with van der Waals surface area (Å²) in [6, 6.07) is 11.7. The smallest absolute Gasteiger partial charge is 0.262 e. The second-order valence-electron chi connectivity index (χ2n) is 3.89. The summed E-state index contributed by atoms with van der Waals surface area (Å²) in [5.74, 6) is 0.0643. The molecule has 0 aliphatic carbocycles. The molecule has 0 aliphatic rings. The highest BCUT2D eigenvalue weighted by atomic mass is 35.5. The van der Waals surface area contributed by atoms with Gasteiger partial charge in [-0.1, -0.05) is 46.9 Å². The van der Waals surface area contributed by atoms with Gasteiger partial charge in [-0.25, -0.2) is 0 Å². The summed E-state index contributed by atoms with van der Waals surface area (Å²) < 4.78 is 5.32. The summed E-state index contributed by atoms with van der Waals surface area (Å²) in [4.78, 5) is 11.8. The molecular weight excluding hydrogens is 321 g/mol. The van der Waals surface area contributed by atoms with Crippen molar-refractivity contribution in [1.29, 1.82) is 0 Å². The molecule has 0 unspecified atom stereocenters. The number of para-hydroxylation sites is 1. The number of ether oxygens (including phenoxy) is 1. The zero-order valence-electron chi connectivity index (χ0n) is 10.2. The van der Waals surface area contributed by atoms with Crippen LogP contribution in [0.15, 0.2) is 42.5 Å². The summed E-state index contributed by atoms with van der Waals surface area (Å²) in [5, 5.41) is 3.96. The van der Waals surface area contributed by atoms with Crippen LogP contribution in [0.5, 0.6) is 5.75 Å². The Bertz CT molecular complexity index is 632. The number of nitrogens with one attached hydrogen (secondary N) is 1. The van der Waals surface area contributed by atoms with E-state index in [2.05, 4.69) is 5.32 Å². The van der Waals surface area contributed by atoms with Gasteiger partial charge in [0, 0.05) is 5.02 Å². The number of carbonyl (C=O) groups is 1. The number of amides is 1. The molecule has 0 aliphatic heterocycles. The van der Waals surface area contributed by atoms with Crippen molar-refractivity contribution in [3.8, 4) is 5.75 Å². The van der Waals surface area contributed by atoms with E-state index in [4.69, 9.17) is 39.5 Å². The van der Waals surface area contributed by atoms with Crippen LogP contribution in [0.1, 0.15) is 0 Å². The Labute approximate surface area is 131 Å². The van der Waals surface area contributed by atoms with Crippen LogP contribution in [0.4, 0.5) is 5.69 Å². The maximum Gasteiger partial charge on any atom is 0.262 e. The molecule has 0 aromatic heterocycles. The topological polar surface area (TPSA) is 38.3 Å². The second kappa shape index (κ2) is 6.84. The van der Waals surface area contributed by atoms with Crippen molar-refractivity contribution in [2.45, 2.75) is 0 Å². The molecule has 0 saturated heterocycles. The van der Waals surface area contributed by atoms with Gasteiger partial charge in [0.25, 0.3) is 5.91 Å². The van der Waals surface area contributed by atoms with Crippen LogP contribution in [-0.4, -0.2) is 12.5 Å². The minimum Gasteiger partial charge on any atom is -0.482 e. The Balaban J connectivity index is 1.94. The summed E-state index contributed by atoms with van der Waals surface area (Å²) in [7, 11) is 0. The van der Waals surface area contributed by atoms with E-state index in [9.17, 15) is 4.79 Å². The van der Waals surface area contributed by atoms with E-state index in [-0.39, 0.29) is 12.5 Å². The number of halogens is 3. The molecule has 1 amide bonds. The Hall–Kier alpha value is -1.42. The minimum atomic E-state index is -0.330. The van der Waals surface area contributed by atoms with Crippen molar-refractivity contribution in [3.63, 3.8) is 0 Å². The van der Waals surface area contributed by atoms with E-state index in [0.29, 0.717) is 26.5 Å². The third kappa shape index (κ3) is 4.04. The van der Waals surface area contributed by atoms with Crippen molar-refractivity contribution in [3.05, 3.63) is 57.5 Å². The van der Waals surface area contributed by atoms with Gasteiger partial charge >= 0.3 is 0 Å². The SMILES string of the molecule is O=C(COc1ccc(Cl)cc1Cl)Nc1ccccc1Cl. The van der Waals surface area contributed by atoms with Crippen LogP contribution in [0.25, 0.3) is 0 Å². The number of hydrogen-bond donors (Lipinski definition) is 1. The van der Waals surface area contributed by atoms with Gasteiger partial charge in [-0.15, -0.1) is 0 Å². The molecule has 2 aromatic carbocycles. The molecule has 2 rings (SSSR count). The molecule has 6 heteroatoms. The fourth-order valence-corrected chi connectivity index (χ4v) is 2.13. The van der Waals surface area contributed by atoms with Gasteiger partial charge in [0.15, 0.2) is 6.61 Å². The normalized spacial score (nSPS) is 10.2. The Morgan fingerprint density at radius 2 is 1.80 bits per heavy atom. The molecule has 0 spiro atoms. The average molecular weight is 331 g/mol. The molecular formula is C14H10Cl3NO2. The van der Waals surface area contributed by atoms with Gasteiger partial charge in [-0.05, 0) is 30.3 Å². The predicted molar refractivity (Wildman–Crippen MR) is 82.0 cm³/mol. The lowest BCUT2D eigenvalue weighted by Gasteiger charge is -2.09. The quantitative estimate of drug-likeness (QED) is 0.885. The molecule has 0 saturated carbocycles. The molecule has 0 radical (unpaired) electrons. The van der Waals surface area contributed by atoms with Gasteiger partial charge < -0.3 is 10.1 Å². The summed E-state index contributed by atoms with van der Waals surface area (Å²) >= 11 is 17.6. The second-order valence-corrected chi connectivity index (χ2v) is 5.14. The zero-order valence-corrected chi connectivity index (χ0v) is 12.5. The number of carbonyl (C=O) groups excluding carboxylic acids is 1. The van der Waals surface area contributed by atoms with E-state index in [1.165, 1.54) is 0 Å². The highest BCUT2D eigenvalue weighted by Crippen LogP contribution is 2.27. The van der Waals surface area contributed by atoms with E-state index in [1.54, 1.807) is 42.5 Å². The number of rotatable bonds is 4. The summed E-state index contributed by atoms with van der Waals surface area (Å²) in [5.41, 5.74) is 0.532. The lowest BCUT2D eigenvalue weighted by Crippen LogP contribution is -2.20. The number of benzene rings is 2. The fraction of sp³-hybridized carbons (Fsp3) is 0.0714. The van der Waals surface area contributed by atoms with E-state index >= 15 is 0 Å². The standard InChI is InChI=1S/C14H10Cl3NO2/c15-9-5-6-13(11(17)7-9)20-8-14(19)18-12-4-2-1-3-10(12)16/h1-7H,8H2,(H,18,19). The fourth-order valence-electron chi connectivity index (χ4n) is 1.48. The van der Waals surface area contributed by atoms with Crippen molar-refractivity contribution in [2.75, 3.05) is 11.9 Å². The minimum absolute atomic E-state index is 0.174. The van der Waals surface area contributed by atoms with E-state index in [1.807, 2.05) is 0 Å². The maximum absolute atomic E-state index is 11.8. The monoisotopic (exact) mass is 329 g/mol. The predicted octanol–water partition coefficient (Wildman–Crippen LogP) is 4.66. The third-order valence-electron chi connectivity index (χ3n) is 2.40. The lowest BCUT2D eigenvalue weighted by molar-refractivity contribution is -0.118. The molecule has 3 nitrogen and oxygen atoms in total. The molecule has 0 fully saturated rings. The van der Waals surface area contributed by atoms with Crippen LogP contribution in [-0.2, 0) is 4.79 Å². The molecule has 0 bridgehead atoms. The van der Waals surface area contributed by atoms with Gasteiger partial charge in [-0.3, -0.25) is 4.79 Å². The lowest BCUT2D eigenvalue weighted by atomic mass is 10.3. The number of anilines is 1. The van der Waals surface area contributed by atoms with Crippen molar-refractivity contribution in [1.82, 2.24) is 0 Å². The Morgan fingerprint density at radius 1 is 1.05 bits per heavy atom. The first-order chi connectivity index (χ1) is 9.56. The highest BCUT2D eigenvalue weighted by Gasteiger charge is 2.08. The van der Waals surface area contributed by atoms with Gasteiger partial charge in [0.2, 0.25) is 0 Å². The number of hydrogen-bond acceptors (Lipinski definition) is 2. The summed E-state index contributed by atoms with van der Waals surface area (Å²) in [6.45, 7) is -0.174. The molecule has 1 N–H and O–H groups in total. The first-order valence-electron chi connectivity index (χ1n) is 5.68. The van der Waals surface area contributed by atoms with Crippen LogP contribution in [0.2, 0.25) is 15.1 Å². The van der Waals surface area contributed by atoms with Gasteiger partial charge in [-0.2, -0.15) is 0 Å². The molecule has 2 aromatic rings. The van der Waals surface area contributed by atoms with Crippen LogP contribution in [0.3, 0.4) is 0 Å². The van der Waals surface area contributed by atoms with Crippen LogP contribution in [0, 0.1) is 0 Å². The van der Waals surface area contributed by atoms with Gasteiger partial charge in [0.05, 0.1) is 15.7 Å². The first kappa shape index (κ1) is 15.0. The molecule has 20 heavy (non-hydrogen) atoms.